The smallest absolute Gasteiger partial charge is 0.222 e. The van der Waals surface area contributed by atoms with Crippen LogP contribution in [0.5, 0.6) is 0 Å². The molecule has 0 fully saturated rings. The average Bonchev–Trinajstić information content (AvgIpc) is 2.98. The highest BCUT2D eigenvalue weighted by molar-refractivity contribution is 6.30. The molecule has 108 valence electrons. The summed E-state index contributed by atoms with van der Waals surface area (Å²) < 4.78 is 1.68. The van der Waals surface area contributed by atoms with Crippen LogP contribution in [-0.4, -0.2) is 25.0 Å². The zero-order chi connectivity index (χ0) is 15.1. The van der Waals surface area contributed by atoms with Crippen molar-refractivity contribution in [1.29, 1.82) is 0 Å². The minimum atomic E-state index is 0.568. The van der Waals surface area contributed by atoms with Crippen LogP contribution < -0.4 is 5.32 Å². The lowest BCUT2D eigenvalue weighted by molar-refractivity contribution is 0.840. The maximum absolute atomic E-state index is 6.01. The summed E-state index contributed by atoms with van der Waals surface area (Å²) in [4.78, 5) is 4.62. The van der Waals surface area contributed by atoms with E-state index < -0.39 is 0 Å². The van der Waals surface area contributed by atoms with E-state index >= 15 is 0 Å². The molecule has 0 aliphatic carbocycles. The molecule has 0 saturated heterocycles. The van der Waals surface area contributed by atoms with Crippen molar-refractivity contribution in [2.45, 2.75) is 6.92 Å². The fraction of sp³-hybridized carbons (Fsp3) is 0.0667. The van der Waals surface area contributed by atoms with Crippen molar-refractivity contribution < 1.29 is 0 Å². The van der Waals surface area contributed by atoms with Gasteiger partial charge in [0.15, 0.2) is 5.82 Å². The summed E-state index contributed by atoms with van der Waals surface area (Å²) in [5.41, 5.74) is 4.21. The molecular weight excluding hydrogens is 300 g/mol. The number of nitrogens with zero attached hydrogens (tertiary/aromatic N) is 5. The quantitative estimate of drug-likeness (QED) is 0.614. The van der Waals surface area contributed by atoms with Crippen molar-refractivity contribution in [1.82, 2.24) is 25.0 Å². The number of tetrazole rings is 1. The Morgan fingerprint density at radius 3 is 2.91 bits per heavy atom. The van der Waals surface area contributed by atoms with E-state index in [4.69, 9.17) is 11.6 Å². The van der Waals surface area contributed by atoms with E-state index in [1.54, 1.807) is 4.52 Å². The van der Waals surface area contributed by atoms with Gasteiger partial charge in [-0.2, -0.15) is 4.52 Å². The molecule has 0 radical (unpaired) electrons. The molecule has 0 amide bonds. The topological polar surface area (TPSA) is 68.0 Å². The van der Waals surface area contributed by atoms with Crippen molar-refractivity contribution in [3.05, 3.63) is 53.1 Å². The molecule has 4 aromatic rings. The standard InChI is InChI=1S/C15H11ClN6/c1-9-5-6-12-13(7-9)22-15(19-20-21-22)14(18-12)17-11-4-2-3-10(16)8-11/h2-8H,1H3,(H,17,18). The van der Waals surface area contributed by atoms with E-state index in [0.717, 1.165) is 22.3 Å². The van der Waals surface area contributed by atoms with Crippen molar-refractivity contribution in [3.63, 3.8) is 0 Å². The van der Waals surface area contributed by atoms with Gasteiger partial charge in [0.25, 0.3) is 0 Å². The van der Waals surface area contributed by atoms with Crippen molar-refractivity contribution in [3.8, 4) is 0 Å². The van der Waals surface area contributed by atoms with E-state index in [1.165, 1.54) is 0 Å². The Labute approximate surface area is 130 Å². The Morgan fingerprint density at radius 1 is 1.14 bits per heavy atom. The Bertz CT molecular complexity index is 994. The van der Waals surface area contributed by atoms with Gasteiger partial charge in [-0.1, -0.05) is 23.7 Å². The summed E-state index contributed by atoms with van der Waals surface area (Å²) in [5, 5.41) is 15.7. The molecule has 0 bridgehead atoms. The molecule has 22 heavy (non-hydrogen) atoms. The van der Waals surface area contributed by atoms with Crippen LogP contribution in [0.15, 0.2) is 42.5 Å². The molecule has 0 unspecified atom stereocenters. The number of anilines is 2. The summed E-state index contributed by atoms with van der Waals surface area (Å²) in [6.45, 7) is 2.02. The minimum Gasteiger partial charge on any atom is -0.337 e. The van der Waals surface area contributed by atoms with Gasteiger partial charge >= 0.3 is 0 Å². The molecular formula is C15H11ClN6. The number of aromatic nitrogens is 5. The lowest BCUT2D eigenvalue weighted by Gasteiger charge is -2.08. The predicted molar refractivity (Wildman–Crippen MR) is 85.6 cm³/mol. The summed E-state index contributed by atoms with van der Waals surface area (Å²) in [6, 6.07) is 13.4. The first kappa shape index (κ1) is 13.0. The van der Waals surface area contributed by atoms with Gasteiger partial charge in [0.1, 0.15) is 0 Å². The second-order valence-electron chi connectivity index (χ2n) is 5.00. The Balaban J connectivity index is 1.92. The van der Waals surface area contributed by atoms with Crippen LogP contribution in [0.25, 0.3) is 16.7 Å². The van der Waals surface area contributed by atoms with Crippen molar-refractivity contribution >= 4 is 39.8 Å². The van der Waals surface area contributed by atoms with Gasteiger partial charge in [-0.3, -0.25) is 0 Å². The highest BCUT2D eigenvalue weighted by atomic mass is 35.5. The molecule has 2 heterocycles. The summed E-state index contributed by atoms with van der Waals surface area (Å²) in [6.07, 6.45) is 0. The van der Waals surface area contributed by atoms with Crippen LogP contribution in [0.1, 0.15) is 5.56 Å². The molecule has 0 atom stereocenters. The lowest BCUT2D eigenvalue weighted by Crippen LogP contribution is -2.01. The normalized spacial score (nSPS) is 11.2. The number of hydrogen-bond acceptors (Lipinski definition) is 5. The molecule has 2 aromatic carbocycles. The molecule has 4 rings (SSSR count). The summed E-state index contributed by atoms with van der Waals surface area (Å²) in [5.74, 6) is 0.587. The number of fused-ring (bicyclic) bond motifs is 3. The lowest BCUT2D eigenvalue weighted by atomic mass is 10.2. The number of benzene rings is 2. The third-order valence-corrected chi connectivity index (χ3v) is 3.60. The van der Waals surface area contributed by atoms with Crippen LogP contribution in [0.4, 0.5) is 11.5 Å². The Morgan fingerprint density at radius 2 is 2.05 bits per heavy atom. The van der Waals surface area contributed by atoms with E-state index in [1.807, 2.05) is 49.4 Å². The highest BCUT2D eigenvalue weighted by Gasteiger charge is 2.12. The number of rotatable bonds is 2. The van der Waals surface area contributed by atoms with Crippen LogP contribution >= 0.6 is 11.6 Å². The molecule has 0 aliphatic rings. The van der Waals surface area contributed by atoms with Gasteiger partial charge < -0.3 is 5.32 Å². The van der Waals surface area contributed by atoms with Crippen LogP contribution in [-0.2, 0) is 0 Å². The third kappa shape index (κ3) is 2.14. The van der Waals surface area contributed by atoms with Gasteiger partial charge in [-0.05, 0) is 53.2 Å². The predicted octanol–water partition coefficient (Wildman–Crippen LogP) is 3.38. The second kappa shape index (κ2) is 4.92. The van der Waals surface area contributed by atoms with Crippen molar-refractivity contribution in [2.24, 2.45) is 0 Å². The number of hydrogen-bond donors (Lipinski definition) is 1. The van der Waals surface area contributed by atoms with E-state index in [9.17, 15) is 0 Å². The molecule has 6 nitrogen and oxygen atoms in total. The van der Waals surface area contributed by atoms with Gasteiger partial charge in [-0.25, -0.2) is 4.98 Å². The molecule has 0 saturated carbocycles. The van der Waals surface area contributed by atoms with Gasteiger partial charge in [0.05, 0.1) is 11.0 Å². The van der Waals surface area contributed by atoms with E-state index in [-0.39, 0.29) is 0 Å². The Kier molecular flexibility index (Phi) is 2.90. The van der Waals surface area contributed by atoms with Crippen LogP contribution in [0.3, 0.4) is 0 Å². The maximum atomic E-state index is 6.01. The fourth-order valence-corrected chi connectivity index (χ4v) is 2.54. The number of halogens is 1. The minimum absolute atomic E-state index is 0.568. The average molecular weight is 311 g/mol. The zero-order valence-corrected chi connectivity index (χ0v) is 12.4. The molecule has 7 heteroatoms. The first-order chi connectivity index (χ1) is 10.7. The van der Waals surface area contributed by atoms with Gasteiger partial charge in [0.2, 0.25) is 5.65 Å². The summed E-state index contributed by atoms with van der Waals surface area (Å²) >= 11 is 6.01. The first-order valence-electron chi connectivity index (χ1n) is 6.72. The fourth-order valence-electron chi connectivity index (χ4n) is 2.35. The second-order valence-corrected chi connectivity index (χ2v) is 5.44. The molecule has 0 aliphatic heterocycles. The summed E-state index contributed by atoms with van der Waals surface area (Å²) in [7, 11) is 0. The first-order valence-corrected chi connectivity index (χ1v) is 7.09. The maximum Gasteiger partial charge on any atom is 0.222 e. The third-order valence-electron chi connectivity index (χ3n) is 3.36. The number of nitrogens with one attached hydrogen (secondary N) is 1. The molecule has 0 spiro atoms. The largest absolute Gasteiger partial charge is 0.337 e. The zero-order valence-electron chi connectivity index (χ0n) is 11.7. The Hall–Kier alpha value is -2.73. The SMILES string of the molecule is Cc1ccc2nc(Nc3cccc(Cl)c3)c3nnnn3c2c1. The molecule has 1 N–H and O–H groups in total. The van der Waals surface area contributed by atoms with Gasteiger partial charge in [-0.15, -0.1) is 5.10 Å². The van der Waals surface area contributed by atoms with Crippen LogP contribution in [0, 0.1) is 6.92 Å². The molecule has 2 aromatic heterocycles. The van der Waals surface area contributed by atoms with E-state index in [0.29, 0.717) is 16.5 Å². The van der Waals surface area contributed by atoms with Gasteiger partial charge in [0, 0.05) is 10.7 Å². The highest BCUT2D eigenvalue weighted by Crippen LogP contribution is 2.24. The van der Waals surface area contributed by atoms with Crippen molar-refractivity contribution in [2.75, 3.05) is 5.32 Å². The van der Waals surface area contributed by atoms with Crippen LogP contribution in [0.2, 0.25) is 5.02 Å². The van der Waals surface area contributed by atoms with E-state index in [2.05, 4.69) is 25.8 Å². The number of aryl methyl sites for hydroxylation is 1. The monoisotopic (exact) mass is 310 g/mol.